The number of hydrogen-bond donors (Lipinski definition) is 1. The van der Waals surface area contributed by atoms with Gasteiger partial charge in [0.2, 0.25) is 0 Å². The normalized spacial score (nSPS) is 15.2. The number of thioether (sulfide) groups is 1. The quantitative estimate of drug-likeness (QED) is 0.718. The van der Waals surface area contributed by atoms with Gasteiger partial charge in [-0.1, -0.05) is 31.4 Å². The van der Waals surface area contributed by atoms with Crippen LogP contribution in [-0.2, 0) is 6.54 Å². The van der Waals surface area contributed by atoms with E-state index in [0.29, 0.717) is 24.8 Å². The summed E-state index contributed by atoms with van der Waals surface area (Å²) in [6, 6.07) is 0.360. The first kappa shape index (κ1) is 20.3. The van der Waals surface area contributed by atoms with E-state index in [9.17, 15) is 4.79 Å². The maximum Gasteiger partial charge on any atom is 0.276 e. The Bertz CT molecular complexity index is 464. The first-order valence-electron chi connectivity index (χ1n) is 8.25. The van der Waals surface area contributed by atoms with Gasteiger partial charge in [0, 0.05) is 24.9 Å². The third-order valence-electron chi connectivity index (χ3n) is 4.07. The van der Waals surface area contributed by atoms with Crippen LogP contribution in [0.15, 0.2) is 6.20 Å². The average Bonchev–Trinajstić information content (AvgIpc) is 3.01. The standard InChI is InChI=1S/C15H27N5OS.ClH/c1-2-22-11-10-20(13-6-4-3-5-7-13)15(21)14-12-19(9-8-16)18-17-14;/h12-13H,2-11,16H2,1H3;1H. The Kier molecular flexibility index (Phi) is 9.59. The number of hydrogen-bond acceptors (Lipinski definition) is 5. The Morgan fingerprint density at radius 2 is 2.17 bits per heavy atom. The molecule has 8 heteroatoms. The van der Waals surface area contributed by atoms with Gasteiger partial charge in [0.1, 0.15) is 0 Å². The van der Waals surface area contributed by atoms with Gasteiger partial charge in [-0.25, -0.2) is 0 Å². The van der Waals surface area contributed by atoms with E-state index < -0.39 is 0 Å². The second kappa shape index (κ2) is 10.9. The predicted molar refractivity (Wildman–Crippen MR) is 97.2 cm³/mol. The van der Waals surface area contributed by atoms with Gasteiger partial charge in [0.05, 0.1) is 12.7 Å². The fourth-order valence-electron chi connectivity index (χ4n) is 2.93. The SMILES string of the molecule is CCSCCN(C(=O)c1cn(CCN)nn1)C1CCCCC1.Cl. The first-order valence-corrected chi connectivity index (χ1v) is 9.40. The number of nitrogens with two attached hydrogens (primary N) is 1. The van der Waals surface area contributed by atoms with Gasteiger partial charge in [-0.3, -0.25) is 9.48 Å². The summed E-state index contributed by atoms with van der Waals surface area (Å²) in [4.78, 5) is 14.9. The highest BCUT2D eigenvalue weighted by Gasteiger charge is 2.27. The molecule has 0 spiro atoms. The summed E-state index contributed by atoms with van der Waals surface area (Å²) < 4.78 is 1.65. The molecule has 1 heterocycles. The van der Waals surface area contributed by atoms with Gasteiger partial charge in [-0.2, -0.15) is 11.8 Å². The van der Waals surface area contributed by atoms with Crippen molar-refractivity contribution in [3.05, 3.63) is 11.9 Å². The highest BCUT2D eigenvalue weighted by atomic mass is 35.5. The van der Waals surface area contributed by atoms with Gasteiger partial charge in [0.15, 0.2) is 5.69 Å². The van der Waals surface area contributed by atoms with Crippen LogP contribution in [0.1, 0.15) is 49.5 Å². The van der Waals surface area contributed by atoms with Crippen LogP contribution in [0.2, 0.25) is 0 Å². The third kappa shape index (κ3) is 5.97. The molecule has 6 nitrogen and oxygen atoms in total. The van der Waals surface area contributed by atoms with Crippen LogP contribution < -0.4 is 5.73 Å². The van der Waals surface area contributed by atoms with Gasteiger partial charge in [-0.05, 0) is 18.6 Å². The largest absolute Gasteiger partial charge is 0.333 e. The number of amides is 1. The highest BCUT2D eigenvalue weighted by Crippen LogP contribution is 2.24. The van der Waals surface area contributed by atoms with E-state index in [1.807, 2.05) is 16.7 Å². The van der Waals surface area contributed by atoms with E-state index >= 15 is 0 Å². The van der Waals surface area contributed by atoms with Gasteiger partial charge in [0.25, 0.3) is 5.91 Å². The molecule has 0 radical (unpaired) electrons. The molecule has 1 amide bonds. The molecule has 0 bridgehead atoms. The molecule has 0 aliphatic heterocycles. The minimum atomic E-state index is 0. The summed E-state index contributed by atoms with van der Waals surface area (Å²) >= 11 is 1.87. The molecule has 0 aromatic carbocycles. The summed E-state index contributed by atoms with van der Waals surface area (Å²) in [7, 11) is 0. The van der Waals surface area contributed by atoms with Crippen molar-refractivity contribution in [1.29, 1.82) is 0 Å². The first-order chi connectivity index (χ1) is 10.8. The van der Waals surface area contributed by atoms with Crippen LogP contribution in [0, 0.1) is 0 Å². The summed E-state index contributed by atoms with van der Waals surface area (Å²) in [6.07, 6.45) is 7.66. The molecule has 1 saturated carbocycles. The van der Waals surface area contributed by atoms with Crippen molar-refractivity contribution in [2.45, 2.75) is 51.6 Å². The van der Waals surface area contributed by atoms with Crippen LogP contribution in [0.25, 0.3) is 0 Å². The van der Waals surface area contributed by atoms with Gasteiger partial charge >= 0.3 is 0 Å². The fourth-order valence-corrected chi connectivity index (χ4v) is 3.55. The lowest BCUT2D eigenvalue weighted by molar-refractivity contribution is 0.0644. The molecule has 2 N–H and O–H groups in total. The molecule has 1 aromatic rings. The lowest BCUT2D eigenvalue weighted by Gasteiger charge is -2.33. The topological polar surface area (TPSA) is 77.0 Å². The minimum Gasteiger partial charge on any atom is -0.333 e. The Morgan fingerprint density at radius 3 is 2.83 bits per heavy atom. The van der Waals surface area contributed by atoms with E-state index in [0.717, 1.165) is 30.9 Å². The molecule has 1 aromatic heterocycles. The maximum absolute atomic E-state index is 12.8. The zero-order valence-electron chi connectivity index (χ0n) is 13.8. The zero-order chi connectivity index (χ0) is 15.8. The van der Waals surface area contributed by atoms with Crippen LogP contribution >= 0.6 is 24.2 Å². The molecule has 132 valence electrons. The number of carbonyl (C=O) groups excluding carboxylic acids is 1. The Labute approximate surface area is 149 Å². The van der Waals surface area contributed by atoms with Crippen molar-refractivity contribution >= 4 is 30.1 Å². The van der Waals surface area contributed by atoms with Crippen molar-refractivity contribution in [2.75, 3.05) is 24.6 Å². The molecule has 2 rings (SSSR count). The lowest BCUT2D eigenvalue weighted by atomic mass is 9.94. The van der Waals surface area contributed by atoms with Crippen molar-refractivity contribution in [1.82, 2.24) is 19.9 Å². The summed E-state index contributed by atoms with van der Waals surface area (Å²) in [5.74, 6) is 2.08. The van der Waals surface area contributed by atoms with Crippen molar-refractivity contribution in [3.63, 3.8) is 0 Å². The predicted octanol–water partition coefficient (Wildman–Crippen LogP) is 2.19. The fraction of sp³-hybridized carbons (Fsp3) is 0.800. The number of carbonyl (C=O) groups is 1. The van der Waals surface area contributed by atoms with E-state index in [1.54, 1.807) is 10.9 Å². The zero-order valence-corrected chi connectivity index (χ0v) is 15.4. The second-order valence-corrected chi connectivity index (χ2v) is 7.04. The van der Waals surface area contributed by atoms with E-state index in [-0.39, 0.29) is 18.3 Å². The number of nitrogens with zero attached hydrogens (tertiary/aromatic N) is 4. The molecule has 1 fully saturated rings. The van der Waals surface area contributed by atoms with Crippen LogP contribution in [-0.4, -0.2) is 56.4 Å². The number of rotatable bonds is 8. The lowest BCUT2D eigenvalue weighted by Crippen LogP contribution is -2.43. The molecule has 0 unspecified atom stereocenters. The Balaban J connectivity index is 0.00000264. The van der Waals surface area contributed by atoms with Crippen molar-refractivity contribution < 1.29 is 4.79 Å². The van der Waals surface area contributed by atoms with Crippen LogP contribution in [0.5, 0.6) is 0 Å². The third-order valence-corrected chi connectivity index (χ3v) is 4.95. The van der Waals surface area contributed by atoms with Gasteiger partial charge in [-0.15, -0.1) is 17.5 Å². The monoisotopic (exact) mass is 361 g/mol. The Hall–Kier alpha value is -0.790. The molecule has 0 atom stereocenters. The molecular formula is C15H28ClN5OS. The smallest absolute Gasteiger partial charge is 0.276 e. The maximum atomic E-state index is 12.8. The van der Waals surface area contributed by atoms with Crippen molar-refractivity contribution in [3.8, 4) is 0 Å². The van der Waals surface area contributed by atoms with Crippen LogP contribution in [0.4, 0.5) is 0 Å². The highest BCUT2D eigenvalue weighted by molar-refractivity contribution is 7.99. The molecule has 1 aliphatic rings. The summed E-state index contributed by atoms with van der Waals surface area (Å²) in [5, 5.41) is 8.02. The summed E-state index contributed by atoms with van der Waals surface area (Å²) in [6.45, 7) is 4.04. The van der Waals surface area contributed by atoms with E-state index in [4.69, 9.17) is 5.73 Å². The Morgan fingerprint density at radius 1 is 1.43 bits per heavy atom. The minimum absolute atomic E-state index is 0. The molecule has 23 heavy (non-hydrogen) atoms. The van der Waals surface area contributed by atoms with Crippen molar-refractivity contribution in [2.24, 2.45) is 5.73 Å². The van der Waals surface area contributed by atoms with Gasteiger partial charge < -0.3 is 10.6 Å². The number of aromatic nitrogens is 3. The van der Waals surface area contributed by atoms with Crippen LogP contribution in [0.3, 0.4) is 0 Å². The molecule has 0 saturated heterocycles. The second-order valence-electron chi connectivity index (χ2n) is 5.64. The molecular weight excluding hydrogens is 334 g/mol. The number of halogens is 1. The van der Waals surface area contributed by atoms with E-state index in [2.05, 4.69) is 17.2 Å². The van der Waals surface area contributed by atoms with E-state index in [1.165, 1.54) is 19.3 Å². The average molecular weight is 362 g/mol. The molecule has 1 aliphatic carbocycles. The summed E-state index contributed by atoms with van der Waals surface area (Å²) in [5.41, 5.74) is 5.96.